The van der Waals surface area contributed by atoms with Crippen molar-refractivity contribution in [2.24, 2.45) is 0 Å². The van der Waals surface area contributed by atoms with Crippen molar-refractivity contribution in [1.29, 1.82) is 0 Å². The van der Waals surface area contributed by atoms with E-state index in [-0.39, 0.29) is 22.0 Å². The van der Waals surface area contributed by atoms with Crippen LogP contribution in [0.1, 0.15) is 5.56 Å². The normalized spacial score (nSPS) is 14.9. The zero-order chi connectivity index (χ0) is 25.0. The number of nitrogens with one attached hydrogen (secondary N) is 2. The van der Waals surface area contributed by atoms with E-state index in [1.54, 1.807) is 0 Å². The average molecular weight is 494 g/mol. The van der Waals surface area contributed by atoms with Gasteiger partial charge in [-0.25, -0.2) is 0 Å². The van der Waals surface area contributed by atoms with E-state index < -0.39 is 46.2 Å². The number of carbonyl (C=O) groups excluding carboxylic acids is 4. The van der Waals surface area contributed by atoms with Gasteiger partial charge in [0.25, 0.3) is 16.8 Å². The summed E-state index contributed by atoms with van der Waals surface area (Å²) in [6.45, 7) is -0.776. The molecule has 1 aliphatic heterocycles. The monoisotopic (exact) mass is 494 g/mol. The lowest BCUT2D eigenvalue weighted by Gasteiger charge is -2.13. The van der Waals surface area contributed by atoms with Gasteiger partial charge in [0.05, 0.1) is 15.4 Å². The van der Waals surface area contributed by atoms with Gasteiger partial charge in [-0.2, -0.15) is 13.2 Å². The quantitative estimate of drug-likeness (QED) is 0.354. The van der Waals surface area contributed by atoms with Gasteiger partial charge in [0, 0.05) is 29.6 Å². The van der Waals surface area contributed by atoms with Crippen molar-refractivity contribution in [2.75, 3.05) is 17.2 Å². The molecule has 2 aromatic carbocycles. The van der Waals surface area contributed by atoms with Crippen LogP contribution < -0.4 is 10.6 Å². The molecule has 0 spiro atoms. The topological polar surface area (TPSA) is 139 Å². The second kappa shape index (κ2) is 9.74. The van der Waals surface area contributed by atoms with Crippen LogP contribution >= 0.6 is 11.8 Å². The summed E-state index contributed by atoms with van der Waals surface area (Å²) >= 11 is 0.401. The fraction of sp³-hybridized carbons (Fsp3) is 0.100. The van der Waals surface area contributed by atoms with E-state index in [9.17, 15) is 42.5 Å². The Morgan fingerprint density at radius 2 is 1.74 bits per heavy atom. The van der Waals surface area contributed by atoms with Gasteiger partial charge in [0.1, 0.15) is 6.54 Å². The third kappa shape index (κ3) is 5.98. The van der Waals surface area contributed by atoms with Gasteiger partial charge < -0.3 is 10.6 Å². The molecule has 3 rings (SSSR count). The molecular weight excluding hydrogens is 481 g/mol. The van der Waals surface area contributed by atoms with Crippen molar-refractivity contribution < 1.29 is 37.3 Å². The van der Waals surface area contributed by atoms with Crippen LogP contribution in [0.3, 0.4) is 0 Å². The number of amides is 4. The summed E-state index contributed by atoms with van der Waals surface area (Å²) in [6, 6.07) is 8.68. The number of nitro benzene ring substituents is 1. The molecular formula is C20H13F3N4O6S. The molecule has 34 heavy (non-hydrogen) atoms. The molecule has 2 N–H and O–H groups in total. The first-order valence-electron chi connectivity index (χ1n) is 9.22. The summed E-state index contributed by atoms with van der Waals surface area (Å²) in [5.41, 5.74) is -1.16. The van der Waals surface area contributed by atoms with E-state index in [0.717, 1.165) is 30.3 Å². The fourth-order valence-electron chi connectivity index (χ4n) is 2.72. The lowest BCUT2D eigenvalue weighted by atomic mass is 10.2. The van der Waals surface area contributed by atoms with Crippen LogP contribution in [0.4, 0.5) is 35.0 Å². The summed E-state index contributed by atoms with van der Waals surface area (Å²) in [7, 11) is 0. The van der Waals surface area contributed by atoms with Crippen molar-refractivity contribution in [3.63, 3.8) is 0 Å². The minimum atomic E-state index is -4.62. The summed E-state index contributed by atoms with van der Waals surface area (Å²) in [4.78, 5) is 59.1. The second-order valence-electron chi connectivity index (χ2n) is 6.69. The lowest BCUT2D eigenvalue weighted by molar-refractivity contribution is -0.384. The molecule has 4 amide bonds. The molecule has 14 heteroatoms. The number of hydrogen-bond acceptors (Lipinski definition) is 7. The van der Waals surface area contributed by atoms with Crippen LogP contribution in [-0.2, 0) is 20.6 Å². The number of carbonyl (C=O) groups is 4. The predicted molar refractivity (Wildman–Crippen MR) is 115 cm³/mol. The highest BCUT2D eigenvalue weighted by atomic mass is 32.2. The number of nitrogens with zero attached hydrogens (tertiary/aromatic N) is 2. The number of non-ortho nitro benzene ring substituents is 1. The van der Waals surface area contributed by atoms with E-state index in [0.29, 0.717) is 22.7 Å². The lowest BCUT2D eigenvalue weighted by Crippen LogP contribution is -2.36. The van der Waals surface area contributed by atoms with Crippen molar-refractivity contribution >= 4 is 51.8 Å². The number of nitro groups is 1. The van der Waals surface area contributed by atoms with Crippen LogP contribution in [0.25, 0.3) is 0 Å². The van der Waals surface area contributed by atoms with Gasteiger partial charge in [-0.3, -0.25) is 34.2 Å². The first-order valence-corrected chi connectivity index (χ1v) is 10.0. The Bertz CT molecular complexity index is 1210. The Morgan fingerprint density at radius 1 is 1.06 bits per heavy atom. The molecule has 0 saturated carbocycles. The van der Waals surface area contributed by atoms with E-state index in [4.69, 9.17) is 0 Å². The van der Waals surface area contributed by atoms with Crippen molar-refractivity contribution in [3.8, 4) is 0 Å². The van der Waals surface area contributed by atoms with Crippen LogP contribution in [0.15, 0.2) is 59.5 Å². The zero-order valence-corrected chi connectivity index (χ0v) is 17.6. The van der Waals surface area contributed by atoms with E-state index in [1.807, 2.05) is 0 Å². The Morgan fingerprint density at radius 3 is 2.35 bits per heavy atom. The zero-order valence-electron chi connectivity index (χ0n) is 16.8. The first-order chi connectivity index (χ1) is 15.9. The van der Waals surface area contributed by atoms with E-state index in [2.05, 4.69) is 10.6 Å². The molecule has 10 nitrogen and oxygen atoms in total. The molecule has 0 aromatic heterocycles. The fourth-order valence-corrected chi connectivity index (χ4v) is 3.53. The number of rotatable bonds is 6. The molecule has 0 bridgehead atoms. The van der Waals surface area contributed by atoms with Crippen LogP contribution in [0.2, 0.25) is 0 Å². The summed E-state index contributed by atoms with van der Waals surface area (Å²) in [6.07, 6.45) is -3.79. The molecule has 1 fully saturated rings. The third-order valence-corrected chi connectivity index (χ3v) is 5.16. The Balaban J connectivity index is 1.62. The maximum atomic E-state index is 12.8. The molecule has 2 aromatic rings. The highest BCUT2D eigenvalue weighted by molar-refractivity contribution is 8.18. The molecule has 0 unspecified atom stereocenters. The molecule has 176 valence electrons. The molecule has 0 radical (unpaired) electrons. The number of thioether (sulfide) groups is 1. The number of halogens is 3. The Labute approximate surface area is 192 Å². The number of benzene rings is 2. The number of imide groups is 1. The standard InChI is InChI=1S/C20H13F3N4O6S/c21-20(22,23)11-2-1-3-13(8-11)25-17(29)10-26-18(30)15(34-19(26)31)9-16(28)24-12-4-6-14(7-5-12)27(32)33/h1-9H,10H2,(H,24,28)(H,25,29)/b15-9-. The third-order valence-electron chi connectivity index (χ3n) is 4.26. The Hall–Kier alpha value is -4.20. The number of hydrogen-bond donors (Lipinski definition) is 2. The van der Waals surface area contributed by atoms with Gasteiger partial charge in [-0.15, -0.1) is 0 Å². The maximum Gasteiger partial charge on any atom is 0.416 e. The van der Waals surface area contributed by atoms with Gasteiger partial charge >= 0.3 is 6.18 Å². The largest absolute Gasteiger partial charge is 0.416 e. The molecule has 0 aliphatic carbocycles. The maximum absolute atomic E-state index is 12.8. The molecule has 1 saturated heterocycles. The predicted octanol–water partition coefficient (Wildman–Crippen LogP) is 3.77. The summed E-state index contributed by atoms with van der Waals surface area (Å²) < 4.78 is 38.4. The van der Waals surface area contributed by atoms with Crippen LogP contribution in [0, 0.1) is 10.1 Å². The first kappa shape index (κ1) is 24.4. The minimum Gasteiger partial charge on any atom is -0.325 e. The number of alkyl halides is 3. The highest BCUT2D eigenvalue weighted by Gasteiger charge is 2.37. The molecule has 1 aliphatic rings. The second-order valence-corrected chi connectivity index (χ2v) is 7.68. The van der Waals surface area contributed by atoms with E-state index >= 15 is 0 Å². The van der Waals surface area contributed by atoms with Gasteiger partial charge in [0.2, 0.25) is 11.8 Å². The Kier molecular flexibility index (Phi) is 7.00. The summed E-state index contributed by atoms with van der Waals surface area (Å²) in [5, 5.41) is 14.4. The highest BCUT2D eigenvalue weighted by Crippen LogP contribution is 2.32. The minimum absolute atomic E-state index is 0.176. The molecule has 1 heterocycles. The van der Waals surface area contributed by atoms with Crippen molar-refractivity contribution in [3.05, 3.63) is 75.2 Å². The van der Waals surface area contributed by atoms with Gasteiger partial charge in [-0.1, -0.05) is 6.07 Å². The van der Waals surface area contributed by atoms with E-state index in [1.165, 1.54) is 18.2 Å². The SMILES string of the molecule is O=C(/C=C1\SC(=O)N(CC(=O)Nc2cccc(C(F)(F)F)c2)C1=O)Nc1ccc([N+](=O)[O-])cc1. The van der Waals surface area contributed by atoms with Crippen molar-refractivity contribution in [2.45, 2.75) is 6.18 Å². The van der Waals surface area contributed by atoms with Crippen LogP contribution in [0.5, 0.6) is 0 Å². The van der Waals surface area contributed by atoms with Crippen LogP contribution in [-0.4, -0.2) is 39.3 Å². The van der Waals surface area contributed by atoms with Crippen molar-refractivity contribution in [1.82, 2.24) is 4.90 Å². The van der Waals surface area contributed by atoms with Gasteiger partial charge in [0.15, 0.2) is 0 Å². The van der Waals surface area contributed by atoms with Gasteiger partial charge in [-0.05, 0) is 42.1 Å². The molecule has 0 atom stereocenters. The number of anilines is 2. The smallest absolute Gasteiger partial charge is 0.325 e. The summed E-state index contributed by atoms with van der Waals surface area (Å²) in [5.74, 6) is -2.65. The average Bonchev–Trinajstić information content (AvgIpc) is 3.00.